The van der Waals surface area contributed by atoms with E-state index in [9.17, 15) is 4.79 Å². The number of carbonyl (C=O) groups is 1. The Bertz CT molecular complexity index is 376. The van der Waals surface area contributed by atoms with Crippen molar-refractivity contribution in [3.05, 3.63) is 30.3 Å². The highest BCUT2D eigenvalue weighted by Crippen LogP contribution is 2.08. The third-order valence-corrected chi connectivity index (χ3v) is 2.73. The lowest BCUT2D eigenvalue weighted by Crippen LogP contribution is -2.28. The maximum Gasteiger partial charge on any atom is 0.223 e. The largest absolute Gasteiger partial charge is 0.493 e. The Balaban J connectivity index is 1.52. The Morgan fingerprint density at radius 1 is 1.26 bits per heavy atom. The fourth-order valence-corrected chi connectivity index (χ4v) is 1.77. The van der Waals surface area contributed by atoms with Gasteiger partial charge in [-0.05, 0) is 12.1 Å². The first-order chi connectivity index (χ1) is 9.34. The van der Waals surface area contributed by atoms with E-state index >= 15 is 0 Å². The molecule has 1 amide bonds. The van der Waals surface area contributed by atoms with Crippen molar-refractivity contribution in [2.75, 3.05) is 26.4 Å². The molecule has 2 rings (SSSR count). The Hall–Kier alpha value is -1.59. The van der Waals surface area contributed by atoms with Gasteiger partial charge in [-0.3, -0.25) is 4.79 Å². The SMILES string of the molecule is O=C(CCOc1ccccc1)NCCC1OCCO1. The molecule has 1 heterocycles. The summed E-state index contributed by atoms with van der Waals surface area (Å²) in [6, 6.07) is 9.46. The summed E-state index contributed by atoms with van der Waals surface area (Å²) in [5.41, 5.74) is 0. The molecule has 5 heteroatoms. The minimum Gasteiger partial charge on any atom is -0.493 e. The van der Waals surface area contributed by atoms with Crippen LogP contribution in [0.3, 0.4) is 0 Å². The van der Waals surface area contributed by atoms with Crippen LogP contribution in [0.4, 0.5) is 0 Å². The molecule has 1 N–H and O–H groups in total. The second-order valence-corrected chi connectivity index (χ2v) is 4.22. The number of rotatable bonds is 7. The quantitative estimate of drug-likeness (QED) is 0.808. The zero-order chi connectivity index (χ0) is 13.3. The first-order valence-corrected chi connectivity index (χ1v) is 6.52. The molecular weight excluding hydrogens is 246 g/mol. The minimum atomic E-state index is -0.166. The van der Waals surface area contributed by atoms with E-state index in [2.05, 4.69) is 5.32 Å². The van der Waals surface area contributed by atoms with E-state index < -0.39 is 0 Å². The standard InChI is InChI=1S/C14H19NO4/c16-13(15-8-6-14-18-10-11-19-14)7-9-17-12-4-2-1-3-5-12/h1-5,14H,6-11H2,(H,15,16). The van der Waals surface area contributed by atoms with Gasteiger partial charge in [0.1, 0.15) is 5.75 Å². The molecule has 0 radical (unpaired) electrons. The highest BCUT2D eigenvalue weighted by molar-refractivity contribution is 5.75. The van der Waals surface area contributed by atoms with E-state index in [0.717, 1.165) is 5.75 Å². The Morgan fingerprint density at radius 3 is 2.74 bits per heavy atom. The Labute approximate surface area is 112 Å². The van der Waals surface area contributed by atoms with Crippen molar-refractivity contribution in [3.8, 4) is 5.75 Å². The zero-order valence-electron chi connectivity index (χ0n) is 10.8. The molecule has 1 fully saturated rings. The van der Waals surface area contributed by atoms with Gasteiger partial charge >= 0.3 is 0 Å². The molecule has 1 saturated heterocycles. The fraction of sp³-hybridized carbons (Fsp3) is 0.500. The molecular formula is C14H19NO4. The third kappa shape index (κ3) is 5.28. The van der Waals surface area contributed by atoms with Gasteiger partial charge in [0, 0.05) is 13.0 Å². The lowest BCUT2D eigenvalue weighted by atomic mass is 10.3. The third-order valence-electron chi connectivity index (χ3n) is 2.73. The van der Waals surface area contributed by atoms with E-state index in [1.54, 1.807) is 0 Å². The van der Waals surface area contributed by atoms with Crippen molar-refractivity contribution in [1.82, 2.24) is 5.32 Å². The molecule has 0 aromatic heterocycles. The van der Waals surface area contributed by atoms with Gasteiger partial charge in [0.2, 0.25) is 5.91 Å². The molecule has 19 heavy (non-hydrogen) atoms. The van der Waals surface area contributed by atoms with E-state index in [4.69, 9.17) is 14.2 Å². The van der Waals surface area contributed by atoms with Crippen molar-refractivity contribution >= 4 is 5.91 Å². The van der Waals surface area contributed by atoms with Gasteiger partial charge < -0.3 is 19.5 Å². The maximum atomic E-state index is 11.5. The number of hydrogen-bond acceptors (Lipinski definition) is 4. The number of ether oxygens (including phenoxy) is 3. The molecule has 0 bridgehead atoms. The zero-order valence-corrected chi connectivity index (χ0v) is 10.8. The molecule has 104 valence electrons. The summed E-state index contributed by atoms with van der Waals surface area (Å²) in [6.07, 6.45) is 0.868. The van der Waals surface area contributed by atoms with Crippen LogP contribution < -0.4 is 10.1 Å². The van der Waals surface area contributed by atoms with Crippen LogP contribution in [0.25, 0.3) is 0 Å². The summed E-state index contributed by atoms with van der Waals surface area (Å²) in [7, 11) is 0. The van der Waals surface area contributed by atoms with Crippen molar-refractivity contribution in [1.29, 1.82) is 0 Å². The van der Waals surface area contributed by atoms with E-state index in [1.165, 1.54) is 0 Å². The lowest BCUT2D eigenvalue weighted by molar-refractivity contribution is -0.122. The van der Waals surface area contributed by atoms with Crippen molar-refractivity contribution in [2.45, 2.75) is 19.1 Å². The molecule has 0 spiro atoms. The molecule has 1 aliphatic rings. The van der Waals surface area contributed by atoms with Crippen LogP contribution in [-0.2, 0) is 14.3 Å². The average Bonchev–Trinajstić information content (AvgIpc) is 2.93. The second-order valence-electron chi connectivity index (χ2n) is 4.22. The Kier molecular flexibility index (Phi) is 5.65. The predicted molar refractivity (Wildman–Crippen MR) is 69.9 cm³/mol. The number of amides is 1. The predicted octanol–water partition coefficient (Wildman–Crippen LogP) is 1.33. The molecule has 0 unspecified atom stereocenters. The van der Waals surface area contributed by atoms with Crippen LogP contribution in [-0.4, -0.2) is 38.6 Å². The van der Waals surface area contributed by atoms with Crippen LogP contribution in [0.2, 0.25) is 0 Å². The lowest BCUT2D eigenvalue weighted by Gasteiger charge is -2.10. The van der Waals surface area contributed by atoms with Crippen LogP contribution in [0.1, 0.15) is 12.8 Å². The molecule has 0 saturated carbocycles. The first kappa shape index (κ1) is 13.8. The van der Waals surface area contributed by atoms with Crippen molar-refractivity contribution in [3.63, 3.8) is 0 Å². The van der Waals surface area contributed by atoms with Gasteiger partial charge in [0.05, 0.1) is 26.2 Å². The first-order valence-electron chi connectivity index (χ1n) is 6.52. The molecule has 0 aliphatic carbocycles. The summed E-state index contributed by atoms with van der Waals surface area (Å²) >= 11 is 0. The molecule has 1 aromatic carbocycles. The van der Waals surface area contributed by atoms with Gasteiger partial charge in [-0.1, -0.05) is 18.2 Å². The van der Waals surface area contributed by atoms with Crippen molar-refractivity contribution in [2.24, 2.45) is 0 Å². The molecule has 1 aliphatic heterocycles. The van der Waals surface area contributed by atoms with Crippen LogP contribution in [0, 0.1) is 0 Å². The summed E-state index contributed by atoms with van der Waals surface area (Å²) in [4.78, 5) is 11.5. The average molecular weight is 265 g/mol. The number of nitrogens with one attached hydrogen (secondary N) is 1. The van der Waals surface area contributed by atoms with E-state index in [0.29, 0.717) is 39.2 Å². The van der Waals surface area contributed by atoms with Gasteiger partial charge in [-0.15, -0.1) is 0 Å². The van der Waals surface area contributed by atoms with Gasteiger partial charge in [0.15, 0.2) is 6.29 Å². The summed E-state index contributed by atoms with van der Waals surface area (Å²) in [6.45, 7) is 2.23. The van der Waals surface area contributed by atoms with Crippen LogP contribution in [0.5, 0.6) is 5.75 Å². The number of para-hydroxylation sites is 1. The highest BCUT2D eigenvalue weighted by atomic mass is 16.7. The fourth-order valence-electron chi connectivity index (χ4n) is 1.77. The van der Waals surface area contributed by atoms with Gasteiger partial charge in [0.25, 0.3) is 0 Å². The minimum absolute atomic E-state index is 0.0195. The van der Waals surface area contributed by atoms with E-state index in [1.807, 2.05) is 30.3 Å². The topological polar surface area (TPSA) is 56.8 Å². The molecule has 0 atom stereocenters. The molecule has 1 aromatic rings. The summed E-state index contributed by atoms with van der Waals surface area (Å²) in [5, 5.41) is 2.82. The monoisotopic (exact) mass is 265 g/mol. The summed E-state index contributed by atoms with van der Waals surface area (Å²) < 4.78 is 16.0. The number of hydrogen-bond donors (Lipinski definition) is 1. The van der Waals surface area contributed by atoms with Crippen molar-refractivity contribution < 1.29 is 19.0 Å². The molecule has 5 nitrogen and oxygen atoms in total. The second kappa shape index (κ2) is 7.76. The normalized spacial score (nSPS) is 15.4. The van der Waals surface area contributed by atoms with Crippen LogP contribution in [0.15, 0.2) is 30.3 Å². The summed E-state index contributed by atoms with van der Waals surface area (Å²) in [5.74, 6) is 0.761. The van der Waals surface area contributed by atoms with Gasteiger partial charge in [-0.2, -0.15) is 0 Å². The number of carbonyl (C=O) groups excluding carboxylic acids is 1. The highest BCUT2D eigenvalue weighted by Gasteiger charge is 2.15. The number of benzene rings is 1. The van der Waals surface area contributed by atoms with Gasteiger partial charge in [-0.25, -0.2) is 0 Å². The van der Waals surface area contributed by atoms with Crippen LogP contribution >= 0.6 is 0 Å². The Morgan fingerprint density at radius 2 is 2.00 bits per heavy atom. The van der Waals surface area contributed by atoms with E-state index in [-0.39, 0.29) is 12.2 Å². The smallest absolute Gasteiger partial charge is 0.223 e. The maximum absolute atomic E-state index is 11.5.